The zero-order chi connectivity index (χ0) is 19.6. The molecule has 0 unspecified atom stereocenters. The summed E-state index contributed by atoms with van der Waals surface area (Å²) in [6, 6.07) is 25.7. The molecule has 3 aromatic carbocycles. The van der Waals surface area contributed by atoms with Crippen LogP contribution in [0.2, 0.25) is 5.02 Å². The smallest absolute Gasteiger partial charge is 0.127 e. The third-order valence-corrected chi connectivity index (χ3v) is 6.31. The zero-order valence-electron chi connectivity index (χ0n) is 15.6. The lowest BCUT2D eigenvalue weighted by Gasteiger charge is -2.13. The molecular weight excluding hydrogens is 391 g/mol. The van der Waals surface area contributed by atoms with Gasteiger partial charge in [0.15, 0.2) is 0 Å². The highest BCUT2D eigenvalue weighted by Crippen LogP contribution is 2.62. The van der Waals surface area contributed by atoms with Gasteiger partial charge in [0, 0.05) is 21.7 Å². The van der Waals surface area contributed by atoms with Crippen molar-refractivity contribution in [3.8, 4) is 11.5 Å². The van der Waals surface area contributed by atoms with E-state index in [1.54, 1.807) is 0 Å². The molecule has 1 fully saturated rings. The van der Waals surface area contributed by atoms with Crippen LogP contribution in [0.5, 0.6) is 11.5 Å². The van der Waals surface area contributed by atoms with E-state index in [0.717, 1.165) is 22.1 Å². The Morgan fingerprint density at radius 1 is 0.893 bits per heavy atom. The fourth-order valence-electron chi connectivity index (χ4n) is 3.61. The van der Waals surface area contributed by atoms with E-state index in [9.17, 15) is 0 Å². The van der Waals surface area contributed by atoms with Crippen LogP contribution in [-0.4, -0.2) is 12.0 Å². The van der Waals surface area contributed by atoms with Gasteiger partial charge in [-0.3, -0.25) is 0 Å². The summed E-state index contributed by atoms with van der Waals surface area (Å²) in [5.41, 5.74) is 2.23. The molecule has 0 bridgehead atoms. The maximum absolute atomic E-state index is 6.60. The van der Waals surface area contributed by atoms with E-state index in [0.29, 0.717) is 19.1 Å². The lowest BCUT2D eigenvalue weighted by atomic mass is 10.0. The number of halogens is 2. The molecule has 1 saturated carbocycles. The third-order valence-electron chi connectivity index (χ3n) is 5.31. The van der Waals surface area contributed by atoms with Gasteiger partial charge < -0.3 is 9.47 Å². The van der Waals surface area contributed by atoms with Crippen molar-refractivity contribution in [3.05, 3.63) is 95.0 Å². The molecule has 0 aliphatic heterocycles. The number of rotatable bonds is 7. The number of alkyl halides is 1. The predicted octanol–water partition coefficient (Wildman–Crippen LogP) is 7.06. The summed E-state index contributed by atoms with van der Waals surface area (Å²) < 4.78 is 11.9. The number of hydrogen-bond acceptors (Lipinski definition) is 2. The average molecular weight is 413 g/mol. The number of benzene rings is 3. The van der Waals surface area contributed by atoms with Gasteiger partial charge in [-0.05, 0) is 47.5 Å². The van der Waals surface area contributed by atoms with Gasteiger partial charge in [-0.15, -0.1) is 11.6 Å². The van der Waals surface area contributed by atoms with Gasteiger partial charge in [0.25, 0.3) is 0 Å². The van der Waals surface area contributed by atoms with Crippen LogP contribution in [0.25, 0.3) is 0 Å². The van der Waals surface area contributed by atoms with Crippen molar-refractivity contribution in [1.82, 2.24) is 0 Å². The Morgan fingerprint density at radius 2 is 1.61 bits per heavy atom. The molecule has 0 heterocycles. The van der Waals surface area contributed by atoms with Crippen molar-refractivity contribution in [2.75, 3.05) is 6.61 Å². The van der Waals surface area contributed by atoms with Crippen molar-refractivity contribution in [1.29, 1.82) is 0 Å². The van der Waals surface area contributed by atoms with Crippen molar-refractivity contribution in [2.24, 2.45) is 5.41 Å². The van der Waals surface area contributed by atoms with E-state index in [4.69, 9.17) is 32.7 Å². The zero-order valence-corrected chi connectivity index (χ0v) is 17.2. The maximum Gasteiger partial charge on any atom is 0.127 e. The van der Waals surface area contributed by atoms with Crippen LogP contribution in [0.15, 0.2) is 78.9 Å². The molecule has 1 aliphatic rings. The number of para-hydroxylation sites is 1. The quantitative estimate of drug-likeness (QED) is 0.386. The van der Waals surface area contributed by atoms with Crippen LogP contribution in [0, 0.1) is 5.41 Å². The standard InChI is InChI=1S/C24H22Cl2O2/c1-24(22(23(24)26)18-10-12-19(25)13-11-18)16-27-15-17-6-5-9-21(14-17)28-20-7-3-2-4-8-20/h2-14,22-23H,15-16H2,1H3/t22-,23+,24+/m1/s1. The lowest BCUT2D eigenvalue weighted by molar-refractivity contribution is 0.0823. The third kappa shape index (κ3) is 4.20. The molecule has 4 rings (SSSR count). The molecule has 0 amide bonds. The van der Waals surface area contributed by atoms with Crippen molar-refractivity contribution < 1.29 is 9.47 Å². The first-order valence-electron chi connectivity index (χ1n) is 9.35. The highest BCUT2D eigenvalue weighted by atomic mass is 35.5. The fourth-order valence-corrected chi connectivity index (χ4v) is 4.29. The van der Waals surface area contributed by atoms with E-state index >= 15 is 0 Å². The summed E-state index contributed by atoms with van der Waals surface area (Å²) >= 11 is 12.6. The van der Waals surface area contributed by atoms with E-state index in [-0.39, 0.29) is 10.8 Å². The summed E-state index contributed by atoms with van der Waals surface area (Å²) in [5, 5.41) is 0.813. The molecule has 3 atom stereocenters. The van der Waals surface area contributed by atoms with Crippen molar-refractivity contribution >= 4 is 23.2 Å². The fraction of sp³-hybridized carbons (Fsp3) is 0.250. The highest BCUT2D eigenvalue weighted by Gasteiger charge is 2.61. The largest absolute Gasteiger partial charge is 0.457 e. The first kappa shape index (κ1) is 19.3. The molecule has 2 nitrogen and oxygen atoms in total. The highest BCUT2D eigenvalue weighted by molar-refractivity contribution is 6.30. The number of hydrogen-bond donors (Lipinski definition) is 0. The van der Waals surface area contributed by atoms with Gasteiger partial charge in [-0.1, -0.05) is 61.0 Å². The second kappa shape index (κ2) is 8.16. The monoisotopic (exact) mass is 412 g/mol. The topological polar surface area (TPSA) is 18.5 Å². The summed E-state index contributed by atoms with van der Waals surface area (Å²) in [5.74, 6) is 1.92. The Balaban J connectivity index is 1.34. The van der Waals surface area contributed by atoms with Gasteiger partial charge in [0.05, 0.1) is 13.2 Å². The minimum Gasteiger partial charge on any atom is -0.457 e. The SMILES string of the molecule is C[C@]1(COCc2cccc(Oc3ccccc3)c2)[C@H](c2ccc(Cl)cc2)[C@@H]1Cl. The van der Waals surface area contributed by atoms with E-state index in [1.807, 2.05) is 66.7 Å². The van der Waals surface area contributed by atoms with Gasteiger partial charge in [0.2, 0.25) is 0 Å². The molecule has 144 valence electrons. The predicted molar refractivity (Wildman–Crippen MR) is 115 cm³/mol. The first-order valence-corrected chi connectivity index (χ1v) is 10.2. The van der Waals surface area contributed by atoms with Crippen LogP contribution >= 0.6 is 23.2 Å². The summed E-state index contributed by atoms with van der Waals surface area (Å²) in [6.45, 7) is 3.32. The molecule has 1 aliphatic carbocycles. The molecule has 28 heavy (non-hydrogen) atoms. The summed E-state index contributed by atoms with van der Waals surface area (Å²) in [7, 11) is 0. The van der Waals surface area contributed by atoms with Crippen LogP contribution in [0.1, 0.15) is 24.0 Å². The summed E-state index contributed by atoms with van der Waals surface area (Å²) in [4.78, 5) is 0. The Kier molecular flexibility index (Phi) is 5.63. The maximum atomic E-state index is 6.60. The number of ether oxygens (including phenoxy) is 2. The normalized spacial score (nSPS) is 23.4. The molecule has 0 N–H and O–H groups in total. The summed E-state index contributed by atoms with van der Waals surface area (Å²) in [6.07, 6.45) is 0. The Hall–Kier alpha value is -2.00. The van der Waals surface area contributed by atoms with Gasteiger partial charge in [0.1, 0.15) is 11.5 Å². The average Bonchev–Trinajstić information content (AvgIpc) is 3.24. The molecule has 0 aromatic heterocycles. The Labute approximate surface area is 176 Å². The van der Waals surface area contributed by atoms with Gasteiger partial charge in [-0.25, -0.2) is 0 Å². The van der Waals surface area contributed by atoms with Gasteiger partial charge >= 0.3 is 0 Å². The van der Waals surface area contributed by atoms with E-state index in [1.165, 1.54) is 5.56 Å². The van der Waals surface area contributed by atoms with Gasteiger partial charge in [-0.2, -0.15) is 0 Å². The second-order valence-corrected chi connectivity index (χ2v) is 8.40. The minimum absolute atomic E-state index is 0.0620. The molecular formula is C24H22Cl2O2. The molecule has 4 heteroatoms. The molecule has 0 saturated heterocycles. The minimum atomic E-state index is -0.0620. The first-order chi connectivity index (χ1) is 13.6. The molecule has 0 radical (unpaired) electrons. The Morgan fingerprint density at radius 3 is 2.36 bits per heavy atom. The van der Waals surface area contributed by atoms with E-state index < -0.39 is 0 Å². The van der Waals surface area contributed by atoms with E-state index in [2.05, 4.69) is 19.1 Å². The van der Waals surface area contributed by atoms with Crippen molar-refractivity contribution in [3.63, 3.8) is 0 Å². The molecule has 0 spiro atoms. The Bertz CT molecular complexity index is 927. The second-order valence-electron chi connectivity index (χ2n) is 7.49. The van der Waals surface area contributed by atoms with Crippen LogP contribution in [0.4, 0.5) is 0 Å². The van der Waals surface area contributed by atoms with Crippen molar-refractivity contribution in [2.45, 2.75) is 24.8 Å². The lowest BCUT2D eigenvalue weighted by Crippen LogP contribution is -2.10. The molecule has 3 aromatic rings. The van der Waals surface area contributed by atoms with Crippen LogP contribution in [-0.2, 0) is 11.3 Å². The van der Waals surface area contributed by atoms with Crippen LogP contribution in [0.3, 0.4) is 0 Å². The van der Waals surface area contributed by atoms with Crippen LogP contribution < -0.4 is 4.74 Å².